The minimum absolute atomic E-state index is 0.226. The number of ether oxygens (including phenoxy) is 1. The van der Waals surface area contributed by atoms with Crippen LogP contribution in [0.1, 0.15) is 50.6 Å². The molecule has 0 fully saturated rings. The van der Waals surface area contributed by atoms with E-state index < -0.39 is 0 Å². The summed E-state index contributed by atoms with van der Waals surface area (Å²) in [4.78, 5) is 6.88. The van der Waals surface area contributed by atoms with E-state index in [0.717, 1.165) is 54.0 Å². The molecule has 6 nitrogen and oxygen atoms in total. The number of allylic oxidation sites excluding steroid dienone is 1. The van der Waals surface area contributed by atoms with Crippen LogP contribution >= 0.6 is 23.8 Å². The molecule has 1 N–H and O–H groups in total. The van der Waals surface area contributed by atoms with Crippen molar-refractivity contribution in [3.8, 4) is 17.1 Å². The first kappa shape index (κ1) is 23.3. The largest absolute Gasteiger partial charge is 0.497 e. The number of methoxy groups -OCH3 is 1. The van der Waals surface area contributed by atoms with E-state index in [2.05, 4.69) is 29.2 Å². The highest BCUT2D eigenvalue weighted by atomic mass is 35.5. The van der Waals surface area contributed by atoms with Gasteiger partial charge >= 0.3 is 0 Å². The first-order chi connectivity index (χ1) is 16.0. The monoisotopic (exact) mass is 482 g/mol. The zero-order valence-corrected chi connectivity index (χ0v) is 20.5. The van der Waals surface area contributed by atoms with Crippen molar-refractivity contribution in [2.75, 3.05) is 13.7 Å². The van der Waals surface area contributed by atoms with E-state index in [1.165, 1.54) is 0 Å². The highest BCUT2D eigenvalue weighted by molar-refractivity contribution is 7.80. The number of nitrogens with zero attached hydrogens (tertiary/aromatic N) is 3. The van der Waals surface area contributed by atoms with Gasteiger partial charge in [0, 0.05) is 22.8 Å². The SMILES string of the molecule is CCCCCN1C(=S)NC(c2ccc(Cl)cc2)C(c2nc(-c3cccc(OC)c3)no2)=C1C. The Morgan fingerprint density at radius 1 is 1.18 bits per heavy atom. The molecular formula is C25H27ClN4O2S. The zero-order valence-electron chi connectivity index (χ0n) is 19.0. The molecule has 0 saturated carbocycles. The van der Waals surface area contributed by atoms with Crippen LogP contribution in [0.5, 0.6) is 5.75 Å². The van der Waals surface area contributed by atoms with Crippen molar-refractivity contribution >= 4 is 34.5 Å². The second-order valence-electron chi connectivity index (χ2n) is 7.95. The molecule has 1 atom stereocenters. The van der Waals surface area contributed by atoms with Crippen molar-refractivity contribution in [2.45, 2.75) is 39.2 Å². The predicted octanol–water partition coefficient (Wildman–Crippen LogP) is 6.25. The normalized spacial score (nSPS) is 16.2. The molecule has 0 spiro atoms. The standard InChI is InChI=1S/C25H27ClN4O2S/c1-4-5-6-14-30-16(2)21(22(27-25(30)33)17-10-12-19(26)13-11-17)24-28-23(29-32-24)18-8-7-9-20(15-18)31-3/h7-13,15,22H,4-6,14H2,1-3H3,(H,27,33). The maximum Gasteiger partial charge on any atom is 0.258 e. The van der Waals surface area contributed by atoms with E-state index in [-0.39, 0.29) is 6.04 Å². The van der Waals surface area contributed by atoms with E-state index >= 15 is 0 Å². The van der Waals surface area contributed by atoms with Gasteiger partial charge in [-0.15, -0.1) is 0 Å². The number of unbranched alkanes of at least 4 members (excludes halogenated alkanes) is 2. The van der Waals surface area contributed by atoms with Crippen molar-refractivity contribution in [3.05, 3.63) is 70.7 Å². The van der Waals surface area contributed by atoms with Crippen molar-refractivity contribution in [1.82, 2.24) is 20.4 Å². The molecule has 1 unspecified atom stereocenters. The minimum Gasteiger partial charge on any atom is -0.497 e. The predicted molar refractivity (Wildman–Crippen MR) is 135 cm³/mol. The van der Waals surface area contributed by atoms with Crippen LogP contribution in [0.3, 0.4) is 0 Å². The Kier molecular flexibility index (Phi) is 7.30. The highest BCUT2D eigenvalue weighted by Gasteiger charge is 2.33. The smallest absolute Gasteiger partial charge is 0.258 e. The summed E-state index contributed by atoms with van der Waals surface area (Å²) in [6.07, 6.45) is 3.33. The summed E-state index contributed by atoms with van der Waals surface area (Å²) in [6, 6.07) is 15.1. The number of aromatic nitrogens is 2. The Bertz CT molecular complexity index is 1160. The molecule has 0 saturated heterocycles. The Morgan fingerprint density at radius 3 is 2.70 bits per heavy atom. The van der Waals surface area contributed by atoms with E-state index in [4.69, 9.17) is 38.1 Å². The molecule has 4 rings (SSSR count). The van der Waals surface area contributed by atoms with Crippen LogP contribution in [-0.2, 0) is 0 Å². The summed E-state index contributed by atoms with van der Waals surface area (Å²) in [6.45, 7) is 5.09. The van der Waals surface area contributed by atoms with Gasteiger partial charge in [0.2, 0.25) is 5.82 Å². The molecule has 8 heteroatoms. The Labute approximate surface area is 204 Å². The van der Waals surface area contributed by atoms with E-state index in [0.29, 0.717) is 21.9 Å². The van der Waals surface area contributed by atoms with Crippen molar-refractivity contribution in [2.24, 2.45) is 0 Å². The van der Waals surface area contributed by atoms with Crippen LogP contribution in [-0.4, -0.2) is 33.8 Å². The van der Waals surface area contributed by atoms with Gasteiger partial charge in [-0.3, -0.25) is 0 Å². The fraction of sp³-hybridized carbons (Fsp3) is 0.320. The zero-order chi connectivity index (χ0) is 23.4. The number of nitrogens with one attached hydrogen (secondary N) is 1. The number of hydrogen-bond donors (Lipinski definition) is 1. The van der Waals surface area contributed by atoms with Gasteiger partial charge < -0.3 is 19.5 Å². The molecule has 0 radical (unpaired) electrons. The molecule has 0 amide bonds. The average Bonchev–Trinajstić information content (AvgIpc) is 3.31. The Hall–Kier alpha value is -2.90. The number of rotatable bonds is 8. The first-order valence-electron chi connectivity index (χ1n) is 11.0. The molecule has 3 aromatic rings. The van der Waals surface area contributed by atoms with Gasteiger partial charge in [0.1, 0.15) is 5.75 Å². The average molecular weight is 483 g/mol. The third kappa shape index (κ3) is 5.04. The molecule has 1 aliphatic heterocycles. The van der Waals surface area contributed by atoms with E-state index in [1.807, 2.05) is 48.5 Å². The van der Waals surface area contributed by atoms with Crippen molar-refractivity contribution < 1.29 is 9.26 Å². The van der Waals surface area contributed by atoms with Gasteiger partial charge in [-0.25, -0.2) is 0 Å². The lowest BCUT2D eigenvalue weighted by Gasteiger charge is -2.37. The lowest BCUT2D eigenvalue weighted by Crippen LogP contribution is -2.46. The first-order valence-corrected chi connectivity index (χ1v) is 11.8. The summed E-state index contributed by atoms with van der Waals surface area (Å²) >= 11 is 11.9. The molecule has 1 aromatic heterocycles. The van der Waals surface area contributed by atoms with E-state index in [1.54, 1.807) is 7.11 Å². The highest BCUT2D eigenvalue weighted by Crippen LogP contribution is 2.38. The molecule has 33 heavy (non-hydrogen) atoms. The second kappa shape index (κ2) is 10.4. The van der Waals surface area contributed by atoms with Gasteiger partial charge in [0.25, 0.3) is 5.89 Å². The second-order valence-corrected chi connectivity index (χ2v) is 8.77. The summed E-state index contributed by atoms with van der Waals surface area (Å²) in [5.74, 6) is 1.70. The molecule has 1 aliphatic rings. The number of benzene rings is 2. The summed E-state index contributed by atoms with van der Waals surface area (Å²) in [5, 5.41) is 9.11. The van der Waals surface area contributed by atoms with Crippen molar-refractivity contribution in [3.63, 3.8) is 0 Å². The number of thiocarbonyl (C=S) groups is 1. The van der Waals surface area contributed by atoms with Crippen LogP contribution in [0.15, 0.2) is 58.8 Å². The summed E-state index contributed by atoms with van der Waals surface area (Å²) in [7, 11) is 1.63. The lowest BCUT2D eigenvalue weighted by atomic mass is 9.94. The summed E-state index contributed by atoms with van der Waals surface area (Å²) in [5.41, 5.74) is 3.76. The minimum atomic E-state index is -0.226. The van der Waals surface area contributed by atoms with Gasteiger partial charge in [-0.05, 0) is 55.4 Å². The third-order valence-corrected chi connectivity index (χ3v) is 6.36. The fourth-order valence-electron chi connectivity index (χ4n) is 3.97. The molecular weight excluding hydrogens is 456 g/mol. The molecule has 0 aliphatic carbocycles. The van der Waals surface area contributed by atoms with Gasteiger partial charge in [0.05, 0.1) is 18.7 Å². The van der Waals surface area contributed by atoms with Gasteiger partial charge in [-0.1, -0.05) is 60.8 Å². The van der Waals surface area contributed by atoms with Crippen LogP contribution in [0.4, 0.5) is 0 Å². The Morgan fingerprint density at radius 2 is 1.97 bits per heavy atom. The Balaban J connectivity index is 1.76. The van der Waals surface area contributed by atoms with Crippen molar-refractivity contribution in [1.29, 1.82) is 0 Å². The fourth-order valence-corrected chi connectivity index (χ4v) is 4.44. The molecule has 2 heterocycles. The summed E-state index contributed by atoms with van der Waals surface area (Å²) < 4.78 is 11.1. The third-order valence-electron chi connectivity index (χ3n) is 5.77. The van der Waals surface area contributed by atoms with Crippen LogP contribution in [0.25, 0.3) is 17.0 Å². The molecule has 172 valence electrons. The lowest BCUT2D eigenvalue weighted by molar-refractivity contribution is 0.395. The number of hydrogen-bond acceptors (Lipinski definition) is 5. The van der Waals surface area contributed by atoms with Crippen LogP contribution in [0.2, 0.25) is 5.02 Å². The van der Waals surface area contributed by atoms with E-state index in [9.17, 15) is 0 Å². The van der Waals surface area contributed by atoms with Gasteiger partial charge in [-0.2, -0.15) is 4.98 Å². The van der Waals surface area contributed by atoms with Gasteiger partial charge in [0.15, 0.2) is 5.11 Å². The maximum atomic E-state index is 6.13. The van der Waals surface area contributed by atoms with Crippen LogP contribution in [0, 0.1) is 0 Å². The maximum absolute atomic E-state index is 6.13. The molecule has 2 aromatic carbocycles. The van der Waals surface area contributed by atoms with Crippen LogP contribution < -0.4 is 10.1 Å². The quantitative estimate of drug-likeness (QED) is 0.300. The topological polar surface area (TPSA) is 63.4 Å². The number of halogens is 1. The molecule has 0 bridgehead atoms.